The molecule has 0 radical (unpaired) electrons. The minimum atomic E-state index is -4.55. The Morgan fingerprint density at radius 2 is 1.69 bits per heavy atom. The van der Waals surface area contributed by atoms with Gasteiger partial charge in [-0.05, 0) is 67.8 Å². The fourth-order valence-electron chi connectivity index (χ4n) is 4.36. The van der Waals surface area contributed by atoms with Gasteiger partial charge in [-0.15, -0.1) is 0 Å². The smallest absolute Gasteiger partial charge is 0.272 e. The molecular weight excluding hydrogens is 527 g/mol. The van der Waals surface area contributed by atoms with Gasteiger partial charge >= 0.3 is 0 Å². The largest absolute Gasteiger partial charge is 0.461 e. The number of rotatable bonds is 5. The Kier molecular flexibility index (Phi) is 6.23. The lowest BCUT2D eigenvalue weighted by molar-refractivity contribution is -0.384. The first-order valence-electron chi connectivity index (χ1n) is 11.0. The topological polar surface area (TPSA) is 111 Å². The van der Waals surface area contributed by atoms with Gasteiger partial charge in [-0.3, -0.25) is 14.9 Å². The third kappa shape index (κ3) is 4.23. The minimum Gasteiger partial charge on any atom is -0.461 e. The number of carbonyl (C=O) groups excluding carboxylic acids is 1. The van der Waals surface area contributed by atoms with Crippen LogP contribution in [0.3, 0.4) is 0 Å². The number of nitro benzene ring substituents is 1. The second-order valence-electron chi connectivity index (χ2n) is 8.34. The summed E-state index contributed by atoms with van der Waals surface area (Å²) < 4.78 is 34.4. The van der Waals surface area contributed by atoms with Crippen molar-refractivity contribution in [2.45, 2.75) is 30.6 Å². The number of amides is 1. The van der Waals surface area contributed by atoms with Crippen LogP contribution in [0.15, 0.2) is 70.0 Å². The van der Waals surface area contributed by atoms with Gasteiger partial charge < -0.3 is 4.42 Å². The summed E-state index contributed by atoms with van der Waals surface area (Å²) in [6.07, 6.45) is 3.57. The van der Waals surface area contributed by atoms with E-state index in [1.54, 1.807) is 12.1 Å². The van der Waals surface area contributed by atoms with E-state index in [0.29, 0.717) is 9.89 Å². The van der Waals surface area contributed by atoms with Crippen molar-refractivity contribution in [1.29, 1.82) is 0 Å². The number of hydrogen-bond acceptors (Lipinski definition) is 6. The quantitative estimate of drug-likeness (QED) is 0.207. The molecular formula is C25H18Cl2N2O6S. The summed E-state index contributed by atoms with van der Waals surface area (Å²) in [5.74, 6) is -0.0416. The molecule has 0 atom stereocenters. The number of aryl methyl sites for hydroxylation is 2. The van der Waals surface area contributed by atoms with E-state index in [0.717, 1.165) is 54.5 Å². The SMILES string of the molecule is O=C(c1ccc([N+](=O)[O-])cc1)N(c1ccc2oc3c(c2c1)CCCC3)S(=O)(=O)c1cc(Cl)ccc1Cl. The Morgan fingerprint density at radius 1 is 0.972 bits per heavy atom. The minimum absolute atomic E-state index is 0.0587. The van der Waals surface area contributed by atoms with Crippen molar-refractivity contribution in [3.8, 4) is 0 Å². The van der Waals surface area contributed by atoms with E-state index in [-0.39, 0.29) is 31.9 Å². The summed E-state index contributed by atoms with van der Waals surface area (Å²) in [7, 11) is -4.55. The molecule has 1 heterocycles. The number of carbonyl (C=O) groups is 1. The molecule has 0 aliphatic heterocycles. The molecule has 0 N–H and O–H groups in total. The van der Waals surface area contributed by atoms with E-state index in [1.807, 2.05) is 0 Å². The highest BCUT2D eigenvalue weighted by molar-refractivity contribution is 7.93. The highest BCUT2D eigenvalue weighted by atomic mass is 35.5. The molecule has 1 aliphatic carbocycles. The van der Waals surface area contributed by atoms with Crippen LogP contribution in [0.2, 0.25) is 10.0 Å². The number of furan rings is 1. The maximum absolute atomic E-state index is 13.9. The number of non-ortho nitro benzene ring substituents is 1. The van der Waals surface area contributed by atoms with E-state index in [1.165, 1.54) is 36.4 Å². The predicted molar refractivity (Wildman–Crippen MR) is 136 cm³/mol. The van der Waals surface area contributed by atoms with E-state index in [2.05, 4.69) is 0 Å². The average Bonchev–Trinajstić information content (AvgIpc) is 3.23. The molecule has 1 amide bonds. The van der Waals surface area contributed by atoms with Crippen molar-refractivity contribution in [3.05, 3.63) is 97.7 Å². The number of sulfonamides is 1. The van der Waals surface area contributed by atoms with Crippen molar-refractivity contribution < 1.29 is 22.6 Å². The standard InChI is InChI=1S/C25H18Cl2N2O6S/c26-16-7-11-21(27)24(13-16)36(33,34)28(25(30)15-5-8-17(9-6-15)29(31)32)18-10-12-23-20(14-18)19-3-1-2-4-22(19)35-23/h5-14H,1-4H2. The van der Waals surface area contributed by atoms with Crippen molar-refractivity contribution in [3.63, 3.8) is 0 Å². The number of halogens is 2. The number of benzene rings is 3. The first kappa shape index (κ1) is 24.3. The monoisotopic (exact) mass is 544 g/mol. The fraction of sp³-hybridized carbons (Fsp3) is 0.160. The Morgan fingerprint density at radius 3 is 2.42 bits per heavy atom. The Balaban J connectivity index is 1.70. The Labute approximate surface area is 216 Å². The number of anilines is 1. The summed E-state index contributed by atoms with van der Waals surface area (Å²) in [5, 5.41) is 11.8. The summed E-state index contributed by atoms with van der Waals surface area (Å²) >= 11 is 12.3. The van der Waals surface area contributed by atoms with Crippen molar-refractivity contribution >= 4 is 61.5 Å². The van der Waals surface area contributed by atoms with Crippen molar-refractivity contribution in [2.75, 3.05) is 4.31 Å². The van der Waals surface area contributed by atoms with Gasteiger partial charge in [-0.1, -0.05) is 23.2 Å². The van der Waals surface area contributed by atoms with Gasteiger partial charge in [0, 0.05) is 40.1 Å². The molecule has 5 rings (SSSR count). The molecule has 0 saturated carbocycles. The van der Waals surface area contributed by atoms with Gasteiger partial charge in [-0.25, -0.2) is 8.42 Å². The van der Waals surface area contributed by atoms with E-state index >= 15 is 0 Å². The van der Waals surface area contributed by atoms with E-state index in [9.17, 15) is 23.3 Å². The Hall–Kier alpha value is -3.40. The molecule has 3 aromatic carbocycles. The lowest BCUT2D eigenvalue weighted by atomic mass is 9.96. The van der Waals surface area contributed by atoms with Crippen LogP contribution < -0.4 is 4.31 Å². The second kappa shape index (κ2) is 9.24. The number of fused-ring (bicyclic) bond motifs is 3. The highest BCUT2D eigenvalue weighted by Crippen LogP contribution is 2.37. The third-order valence-corrected chi connectivity index (χ3v) is 8.52. The molecule has 0 bridgehead atoms. The van der Waals surface area contributed by atoms with Gasteiger partial charge in [0.1, 0.15) is 16.2 Å². The van der Waals surface area contributed by atoms with Crippen LogP contribution in [-0.4, -0.2) is 19.2 Å². The fourth-order valence-corrected chi connectivity index (χ4v) is 6.51. The lowest BCUT2D eigenvalue weighted by Crippen LogP contribution is -2.37. The highest BCUT2D eigenvalue weighted by Gasteiger charge is 2.34. The summed E-state index contributed by atoms with van der Waals surface area (Å²) in [6.45, 7) is 0. The first-order valence-corrected chi connectivity index (χ1v) is 13.2. The normalized spacial score (nSPS) is 13.4. The zero-order valence-electron chi connectivity index (χ0n) is 18.6. The second-order valence-corrected chi connectivity index (χ2v) is 10.9. The van der Waals surface area contributed by atoms with Crippen molar-refractivity contribution in [2.24, 2.45) is 0 Å². The van der Waals surface area contributed by atoms with Crippen LogP contribution in [-0.2, 0) is 22.9 Å². The molecule has 8 nitrogen and oxygen atoms in total. The zero-order valence-corrected chi connectivity index (χ0v) is 20.9. The summed E-state index contributed by atoms with van der Waals surface area (Å²) in [6, 6.07) is 13.4. The van der Waals surface area contributed by atoms with Crippen LogP contribution in [0.4, 0.5) is 11.4 Å². The van der Waals surface area contributed by atoms with E-state index < -0.39 is 20.9 Å². The number of nitrogens with zero attached hydrogens (tertiary/aromatic N) is 2. The molecule has 1 aromatic heterocycles. The molecule has 0 spiro atoms. The summed E-state index contributed by atoms with van der Waals surface area (Å²) in [4.78, 5) is 23.8. The molecule has 11 heteroatoms. The molecule has 0 fully saturated rings. The van der Waals surface area contributed by atoms with Crippen molar-refractivity contribution in [1.82, 2.24) is 0 Å². The molecule has 0 saturated heterocycles. The first-order chi connectivity index (χ1) is 17.2. The molecule has 184 valence electrons. The molecule has 4 aromatic rings. The predicted octanol–water partition coefficient (Wildman–Crippen LogP) is 6.56. The van der Waals surface area contributed by atoms with Crippen LogP contribution in [0.1, 0.15) is 34.5 Å². The zero-order chi connectivity index (χ0) is 25.6. The van der Waals surface area contributed by atoms with Gasteiger partial charge in [0.05, 0.1) is 15.6 Å². The van der Waals surface area contributed by atoms with Gasteiger partial charge in [0.15, 0.2) is 0 Å². The van der Waals surface area contributed by atoms with Crippen LogP contribution in [0.5, 0.6) is 0 Å². The Bertz CT molecular complexity index is 1630. The average molecular weight is 545 g/mol. The number of hydrogen-bond donors (Lipinski definition) is 0. The molecule has 0 unspecified atom stereocenters. The lowest BCUT2D eigenvalue weighted by Gasteiger charge is -2.23. The molecule has 36 heavy (non-hydrogen) atoms. The third-order valence-electron chi connectivity index (χ3n) is 6.09. The van der Waals surface area contributed by atoms with Crippen LogP contribution in [0, 0.1) is 10.1 Å². The maximum Gasteiger partial charge on any atom is 0.272 e. The van der Waals surface area contributed by atoms with Gasteiger partial charge in [-0.2, -0.15) is 4.31 Å². The van der Waals surface area contributed by atoms with E-state index in [4.69, 9.17) is 27.6 Å². The maximum atomic E-state index is 13.9. The molecule has 1 aliphatic rings. The summed E-state index contributed by atoms with van der Waals surface area (Å²) in [5.41, 5.74) is 1.39. The van der Waals surface area contributed by atoms with Crippen LogP contribution >= 0.6 is 23.2 Å². The van der Waals surface area contributed by atoms with Gasteiger partial charge in [0.25, 0.3) is 21.6 Å². The van der Waals surface area contributed by atoms with Crippen LogP contribution in [0.25, 0.3) is 11.0 Å². The number of nitro groups is 1. The van der Waals surface area contributed by atoms with Gasteiger partial charge in [0.2, 0.25) is 0 Å².